The lowest BCUT2D eigenvalue weighted by Gasteiger charge is -2.08. The Morgan fingerprint density at radius 3 is 2.62 bits per heavy atom. The number of aromatic nitrogens is 1. The third-order valence-corrected chi connectivity index (χ3v) is 2.10. The number of methoxy groups -OCH3 is 1. The minimum absolute atomic E-state index is 0.0722. The van der Waals surface area contributed by atoms with E-state index in [0.29, 0.717) is 6.07 Å². The van der Waals surface area contributed by atoms with Crippen LogP contribution in [-0.2, 0) is 0 Å². The van der Waals surface area contributed by atoms with Crippen molar-refractivity contribution in [2.24, 2.45) is 0 Å². The van der Waals surface area contributed by atoms with Crippen LogP contribution in [0.2, 0.25) is 0 Å². The second kappa shape index (κ2) is 4.12. The van der Waals surface area contributed by atoms with E-state index >= 15 is 0 Å². The second-order valence-electron chi connectivity index (χ2n) is 2.16. The van der Waals surface area contributed by atoms with E-state index in [9.17, 15) is 13.2 Å². The van der Waals surface area contributed by atoms with Crippen molar-refractivity contribution in [3.05, 3.63) is 21.3 Å². The lowest BCUT2D eigenvalue weighted by Crippen LogP contribution is -1.99. The lowest BCUT2D eigenvalue weighted by atomic mass is 10.2. The van der Waals surface area contributed by atoms with Crippen molar-refractivity contribution in [3.63, 3.8) is 0 Å². The van der Waals surface area contributed by atoms with Crippen LogP contribution in [0.5, 0.6) is 5.75 Å². The maximum Gasteiger partial charge on any atom is 0.267 e. The highest BCUT2D eigenvalue weighted by molar-refractivity contribution is 14.1. The summed E-state index contributed by atoms with van der Waals surface area (Å²) in [7, 11) is 1.24. The van der Waals surface area contributed by atoms with Gasteiger partial charge in [-0.1, -0.05) is 0 Å². The molecule has 0 aromatic carbocycles. The number of alkyl halides is 2. The number of nitrogens with zero attached hydrogens (tertiary/aromatic N) is 1. The van der Waals surface area contributed by atoms with E-state index < -0.39 is 17.9 Å². The third-order valence-electron chi connectivity index (χ3n) is 1.37. The molecule has 1 rings (SSSR count). The van der Waals surface area contributed by atoms with Crippen LogP contribution in [0.15, 0.2) is 6.07 Å². The lowest BCUT2D eigenvalue weighted by molar-refractivity contribution is 0.146. The van der Waals surface area contributed by atoms with Gasteiger partial charge in [0.2, 0.25) is 5.95 Å². The molecule has 1 aromatic rings. The van der Waals surface area contributed by atoms with Crippen LogP contribution in [0.4, 0.5) is 13.2 Å². The summed E-state index contributed by atoms with van der Waals surface area (Å²) in [6, 6.07) is 0.672. The first kappa shape index (κ1) is 10.6. The van der Waals surface area contributed by atoms with Crippen LogP contribution in [0, 0.1) is 9.65 Å². The number of ether oxygens (including phenoxy) is 1. The fourth-order valence-electron chi connectivity index (χ4n) is 0.854. The minimum Gasteiger partial charge on any atom is -0.493 e. The van der Waals surface area contributed by atoms with Gasteiger partial charge in [0.25, 0.3) is 6.43 Å². The number of hydrogen-bond acceptors (Lipinski definition) is 2. The topological polar surface area (TPSA) is 22.1 Å². The van der Waals surface area contributed by atoms with Crippen molar-refractivity contribution in [3.8, 4) is 5.75 Å². The van der Waals surface area contributed by atoms with Crippen molar-refractivity contribution in [2.45, 2.75) is 6.43 Å². The molecular formula is C7H5F3INO. The van der Waals surface area contributed by atoms with Gasteiger partial charge >= 0.3 is 0 Å². The van der Waals surface area contributed by atoms with Crippen LogP contribution in [0.3, 0.4) is 0 Å². The summed E-state index contributed by atoms with van der Waals surface area (Å²) in [6.45, 7) is 0. The first-order valence-electron chi connectivity index (χ1n) is 3.24. The maximum absolute atomic E-state index is 12.6. The highest BCUT2D eigenvalue weighted by Gasteiger charge is 2.18. The van der Waals surface area contributed by atoms with Crippen molar-refractivity contribution < 1.29 is 17.9 Å². The van der Waals surface area contributed by atoms with Gasteiger partial charge in [-0.25, -0.2) is 13.8 Å². The second-order valence-corrected chi connectivity index (χ2v) is 3.18. The summed E-state index contributed by atoms with van der Waals surface area (Å²) >= 11 is 1.64. The van der Waals surface area contributed by atoms with E-state index in [1.807, 2.05) is 0 Å². The third kappa shape index (κ3) is 2.23. The van der Waals surface area contributed by atoms with Gasteiger partial charge in [-0.2, -0.15) is 4.39 Å². The summed E-state index contributed by atoms with van der Waals surface area (Å²) < 4.78 is 42.0. The Bertz CT molecular complexity index is 319. The highest BCUT2D eigenvalue weighted by Crippen LogP contribution is 2.32. The van der Waals surface area contributed by atoms with E-state index in [0.717, 1.165) is 0 Å². The molecule has 0 N–H and O–H groups in total. The Morgan fingerprint density at radius 2 is 2.15 bits per heavy atom. The molecule has 0 spiro atoms. The minimum atomic E-state index is -2.76. The van der Waals surface area contributed by atoms with Gasteiger partial charge in [-0.3, -0.25) is 0 Å². The van der Waals surface area contributed by atoms with Crippen LogP contribution in [0.25, 0.3) is 0 Å². The zero-order chi connectivity index (χ0) is 10.0. The monoisotopic (exact) mass is 303 g/mol. The molecule has 6 heteroatoms. The highest BCUT2D eigenvalue weighted by atomic mass is 127. The molecule has 0 aliphatic heterocycles. The van der Waals surface area contributed by atoms with Gasteiger partial charge < -0.3 is 4.74 Å². The number of rotatable bonds is 2. The van der Waals surface area contributed by atoms with Crippen LogP contribution < -0.4 is 4.74 Å². The molecule has 1 aromatic heterocycles. The Morgan fingerprint density at radius 1 is 1.54 bits per heavy atom. The van der Waals surface area contributed by atoms with Gasteiger partial charge in [0.05, 0.1) is 12.7 Å². The number of hydrogen-bond donors (Lipinski definition) is 0. The van der Waals surface area contributed by atoms with Gasteiger partial charge in [-0.15, -0.1) is 0 Å². The van der Waals surface area contributed by atoms with Gasteiger partial charge in [0.1, 0.15) is 3.70 Å². The van der Waals surface area contributed by atoms with Crippen LogP contribution in [0.1, 0.15) is 12.0 Å². The zero-order valence-electron chi connectivity index (χ0n) is 6.52. The Hall–Kier alpha value is -0.530. The van der Waals surface area contributed by atoms with E-state index in [-0.39, 0.29) is 9.45 Å². The summed E-state index contributed by atoms with van der Waals surface area (Å²) in [5.41, 5.74) is -0.473. The van der Waals surface area contributed by atoms with Crippen molar-refractivity contribution in [1.29, 1.82) is 0 Å². The molecule has 0 unspecified atom stereocenters. The van der Waals surface area contributed by atoms with E-state index in [1.54, 1.807) is 22.6 Å². The van der Waals surface area contributed by atoms with Crippen molar-refractivity contribution in [2.75, 3.05) is 7.11 Å². The van der Waals surface area contributed by atoms with E-state index in [1.165, 1.54) is 7.11 Å². The summed E-state index contributed by atoms with van der Waals surface area (Å²) in [4.78, 5) is 3.35. The van der Waals surface area contributed by atoms with Crippen LogP contribution in [-0.4, -0.2) is 12.1 Å². The average molecular weight is 303 g/mol. The molecule has 0 saturated heterocycles. The quantitative estimate of drug-likeness (QED) is 0.619. The molecule has 0 atom stereocenters. The molecule has 13 heavy (non-hydrogen) atoms. The molecule has 2 nitrogen and oxygen atoms in total. The summed E-state index contributed by atoms with van der Waals surface area (Å²) in [5, 5.41) is 0. The first-order chi connectivity index (χ1) is 6.06. The largest absolute Gasteiger partial charge is 0.493 e. The van der Waals surface area contributed by atoms with E-state index in [2.05, 4.69) is 9.72 Å². The van der Waals surface area contributed by atoms with Crippen molar-refractivity contribution >= 4 is 22.6 Å². The molecule has 0 bridgehead atoms. The molecule has 0 saturated carbocycles. The molecule has 0 amide bonds. The average Bonchev–Trinajstić information content (AvgIpc) is 2.02. The predicted octanol–water partition coefficient (Wildman–Crippen LogP) is 2.77. The number of pyridine rings is 1. The zero-order valence-corrected chi connectivity index (χ0v) is 8.68. The molecule has 0 radical (unpaired) electrons. The fraction of sp³-hybridized carbons (Fsp3) is 0.286. The predicted molar refractivity (Wildman–Crippen MR) is 48.4 cm³/mol. The SMILES string of the molecule is COc1c(C(F)F)cc(F)nc1I. The fourth-order valence-corrected chi connectivity index (χ4v) is 1.62. The molecule has 0 aliphatic rings. The summed E-state index contributed by atoms with van der Waals surface area (Å²) in [6.07, 6.45) is -2.76. The van der Waals surface area contributed by atoms with Crippen LogP contribution >= 0.6 is 22.6 Å². The van der Waals surface area contributed by atoms with E-state index in [4.69, 9.17) is 0 Å². The first-order valence-corrected chi connectivity index (χ1v) is 4.32. The van der Waals surface area contributed by atoms with Gasteiger partial charge in [0, 0.05) is 6.07 Å². The molecule has 0 aliphatic carbocycles. The molecule has 0 fully saturated rings. The molecule has 1 heterocycles. The Balaban J connectivity index is 3.29. The maximum atomic E-state index is 12.6. The van der Waals surface area contributed by atoms with Gasteiger partial charge in [0.15, 0.2) is 5.75 Å². The Labute approximate surface area is 86.3 Å². The standard InChI is InChI=1S/C7H5F3INO/c1-13-5-3(6(9)10)2-4(8)12-7(5)11/h2,6H,1H3. The molecule has 72 valence electrons. The van der Waals surface area contributed by atoms with Gasteiger partial charge in [-0.05, 0) is 22.6 Å². The summed E-state index contributed by atoms with van der Waals surface area (Å²) in [5.74, 6) is -1.00. The number of halogens is 4. The molecular weight excluding hydrogens is 298 g/mol. The smallest absolute Gasteiger partial charge is 0.267 e. The van der Waals surface area contributed by atoms with Crippen molar-refractivity contribution in [1.82, 2.24) is 4.98 Å². The Kier molecular flexibility index (Phi) is 3.34. The normalized spacial score (nSPS) is 10.6.